The van der Waals surface area contributed by atoms with Gasteiger partial charge in [-0.3, -0.25) is 4.57 Å². The van der Waals surface area contributed by atoms with E-state index in [1.54, 1.807) is 59.4 Å². The minimum absolute atomic E-state index is 0.0329. The molecule has 11 nitrogen and oxygen atoms in total. The number of nitrogens with one attached hydrogen (secondary N) is 1. The number of benzene rings is 2. The third-order valence-corrected chi connectivity index (χ3v) is 8.76. The van der Waals surface area contributed by atoms with E-state index in [0.29, 0.717) is 34.5 Å². The summed E-state index contributed by atoms with van der Waals surface area (Å²) in [6.07, 6.45) is 3.98. The molecular weight excluding hydrogens is 569 g/mol. The summed E-state index contributed by atoms with van der Waals surface area (Å²) >= 11 is 6.27. The molecule has 3 heterocycles. The average Bonchev–Trinajstić information content (AvgIpc) is 3.70. The summed E-state index contributed by atoms with van der Waals surface area (Å²) in [5.41, 5.74) is 1.11. The molecule has 216 valence electrons. The molecule has 2 aromatic carbocycles. The lowest BCUT2D eigenvalue weighted by Crippen LogP contribution is -2.27. The van der Waals surface area contributed by atoms with Crippen molar-refractivity contribution in [3.8, 4) is 11.5 Å². The minimum atomic E-state index is -3.77. The lowest BCUT2D eigenvalue weighted by atomic mass is 10.2. The first-order valence-electron chi connectivity index (χ1n) is 13.6. The van der Waals surface area contributed by atoms with E-state index in [9.17, 15) is 9.67 Å². The van der Waals surface area contributed by atoms with Crippen molar-refractivity contribution < 1.29 is 28.2 Å². The van der Waals surface area contributed by atoms with Crippen molar-refractivity contribution in [3.05, 3.63) is 72.3 Å². The number of anilines is 1. The van der Waals surface area contributed by atoms with Gasteiger partial charge in [0.2, 0.25) is 5.28 Å². The summed E-state index contributed by atoms with van der Waals surface area (Å²) in [7, 11) is -3.77. The van der Waals surface area contributed by atoms with Crippen molar-refractivity contribution in [2.75, 3.05) is 18.3 Å². The van der Waals surface area contributed by atoms with Crippen LogP contribution in [-0.2, 0) is 14.0 Å². The van der Waals surface area contributed by atoms with E-state index in [4.69, 9.17) is 30.1 Å². The smallest absolute Gasteiger partial charge is 0.415 e. The highest BCUT2D eigenvalue weighted by Gasteiger charge is 2.38. The zero-order valence-electron chi connectivity index (χ0n) is 22.2. The first kappa shape index (κ1) is 27.9. The van der Waals surface area contributed by atoms with Gasteiger partial charge in [-0.05, 0) is 48.7 Å². The molecule has 4 aromatic rings. The summed E-state index contributed by atoms with van der Waals surface area (Å²) in [5.74, 6) is 1.38. The van der Waals surface area contributed by atoms with Gasteiger partial charge in [0, 0.05) is 12.5 Å². The average molecular weight is 600 g/mol. The Morgan fingerprint density at radius 1 is 1.02 bits per heavy atom. The highest BCUT2D eigenvalue weighted by atomic mass is 35.5. The van der Waals surface area contributed by atoms with Gasteiger partial charge in [-0.25, -0.2) is 9.55 Å². The zero-order chi connectivity index (χ0) is 28.2. The van der Waals surface area contributed by atoms with Crippen molar-refractivity contribution in [3.63, 3.8) is 0 Å². The van der Waals surface area contributed by atoms with E-state index in [-0.39, 0.29) is 24.7 Å². The number of rotatable bonds is 11. The van der Waals surface area contributed by atoms with Gasteiger partial charge in [0.25, 0.3) is 0 Å². The normalized spacial score (nSPS) is 21.4. The molecule has 2 fully saturated rings. The van der Waals surface area contributed by atoms with Gasteiger partial charge in [0.1, 0.15) is 23.8 Å². The maximum atomic E-state index is 13.7. The number of hydrogen-bond donors (Lipinski definition) is 2. The number of aliphatic hydroxyl groups excluding tert-OH is 1. The van der Waals surface area contributed by atoms with Crippen molar-refractivity contribution >= 4 is 36.2 Å². The number of para-hydroxylation sites is 2. The van der Waals surface area contributed by atoms with Crippen LogP contribution in [0.3, 0.4) is 0 Å². The number of ether oxygens (including phenoxy) is 2. The molecular formula is C28H31ClN5O6P. The Morgan fingerprint density at radius 3 is 2.34 bits per heavy atom. The second-order valence-electron chi connectivity index (χ2n) is 10.1. The number of imidazole rings is 1. The van der Waals surface area contributed by atoms with Gasteiger partial charge in [0.15, 0.2) is 23.3 Å². The molecule has 2 N–H and O–H groups in total. The molecule has 1 aliphatic heterocycles. The number of nitrogens with zero attached hydrogens (tertiary/aromatic N) is 4. The van der Waals surface area contributed by atoms with Gasteiger partial charge in [-0.15, -0.1) is 0 Å². The number of halogens is 1. The number of hydrogen-bond acceptors (Lipinski definition) is 10. The molecule has 0 bridgehead atoms. The van der Waals surface area contributed by atoms with Crippen LogP contribution in [0.2, 0.25) is 5.28 Å². The fraction of sp³-hybridized carbons (Fsp3) is 0.393. The minimum Gasteiger partial charge on any atom is -0.415 e. The molecule has 2 aliphatic rings. The monoisotopic (exact) mass is 599 g/mol. The van der Waals surface area contributed by atoms with Crippen LogP contribution in [0.1, 0.15) is 38.3 Å². The fourth-order valence-electron chi connectivity index (χ4n) is 5.14. The number of aromatic nitrogens is 4. The van der Waals surface area contributed by atoms with E-state index in [1.165, 1.54) is 12.8 Å². The van der Waals surface area contributed by atoms with Crippen molar-refractivity contribution in [2.45, 2.75) is 56.6 Å². The highest BCUT2D eigenvalue weighted by Crippen LogP contribution is 2.48. The third kappa shape index (κ3) is 6.66. The third-order valence-electron chi connectivity index (χ3n) is 7.11. The molecule has 13 heteroatoms. The Balaban J connectivity index is 1.12. The van der Waals surface area contributed by atoms with E-state index in [1.807, 2.05) is 12.1 Å². The lowest BCUT2D eigenvalue weighted by Gasteiger charge is -2.21. The van der Waals surface area contributed by atoms with Crippen LogP contribution < -0.4 is 14.4 Å². The predicted octanol–water partition coefficient (Wildman–Crippen LogP) is 5.81. The van der Waals surface area contributed by atoms with E-state index in [2.05, 4.69) is 20.3 Å². The Labute approximate surface area is 242 Å². The summed E-state index contributed by atoms with van der Waals surface area (Å²) in [4.78, 5) is 13.3. The Kier molecular flexibility index (Phi) is 8.41. The highest BCUT2D eigenvalue weighted by molar-refractivity contribution is 7.54. The van der Waals surface area contributed by atoms with Gasteiger partial charge in [0.05, 0.1) is 19.0 Å². The predicted molar refractivity (Wildman–Crippen MR) is 153 cm³/mol. The molecule has 3 atom stereocenters. The molecule has 0 amide bonds. The Bertz CT molecular complexity index is 1460. The maximum absolute atomic E-state index is 13.7. The van der Waals surface area contributed by atoms with Crippen molar-refractivity contribution in [1.29, 1.82) is 0 Å². The zero-order valence-corrected chi connectivity index (χ0v) is 23.9. The largest absolute Gasteiger partial charge is 0.456 e. The Hall–Kier alpha value is -3.21. The van der Waals surface area contributed by atoms with Gasteiger partial charge >= 0.3 is 7.60 Å². The molecule has 1 aliphatic carbocycles. The number of aliphatic hydroxyl groups is 1. The first-order valence-corrected chi connectivity index (χ1v) is 15.7. The summed E-state index contributed by atoms with van der Waals surface area (Å²) in [6.45, 7) is -0.0329. The van der Waals surface area contributed by atoms with Gasteiger partial charge in [-0.2, -0.15) is 9.97 Å². The van der Waals surface area contributed by atoms with Crippen LogP contribution in [0.15, 0.2) is 67.0 Å². The molecule has 0 spiro atoms. The van der Waals surface area contributed by atoms with Gasteiger partial charge in [-0.1, -0.05) is 49.2 Å². The van der Waals surface area contributed by atoms with E-state index < -0.39 is 26.0 Å². The molecule has 1 saturated carbocycles. The molecule has 0 unspecified atom stereocenters. The second kappa shape index (κ2) is 12.3. The first-order chi connectivity index (χ1) is 20.0. The molecule has 41 heavy (non-hydrogen) atoms. The molecule has 0 radical (unpaired) electrons. The van der Waals surface area contributed by atoms with E-state index >= 15 is 0 Å². The van der Waals surface area contributed by atoms with Crippen molar-refractivity contribution in [1.82, 2.24) is 19.5 Å². The van der Waals surface area contributed by atoms with Crippen LogP contribution >= 0.6 is 19.2 Å². The lowest BCUT2D eigenvalue weighted by molar-refractivity contribution is -0.0562. The molecule has 6 rings (SSSR count). The van der Waals surface area contributed by atoms with E-state index in [0.717, 1.165) is 12.8 Å². The maximum Gasteiger partial charge on any atom is 0.456 e. The Morgan fingerprint density at radius 2 is 1.68 bits per heavy atom. The van der Waals surface area contributed by atoms with Crippen LogP contribution in [-0.4, -0.2) is 55.8 Å². The fourth-order valence-corrected chi connectivity index (χ4v) is 6.66. The SMILES string of the molecule is O=P(COC[C@H]1O[C@@H](n2cnc3c(NC4CCCC4)nc(Cl)nc32)C[C@@H]1O)(Oc1ccccc1)Oc1ccccc1. The van der Waals surface area contributed by atoms with Crippen LogP contribution in [0.4, 0.5) is 5.82 Å². The van der Waals surface area contributed by atoms with Crippen LogP contribution in [0.25, 0.3) is 11.2 Å². The number of fused-ring (bicyclic) bond motifs is 1. The second-order valence-corrected chi connectivity index (χ2v) is 12.3. The molecule has 1 saturated heterocycles. The van der Waals surface area contributed by atoms with Crippen molar-refractivity contribution in [2.24, 2.45) is 0 Å². The summed E-state index contributed by atoms with van der Waals surface area (Å²) in [6, 6.07) is 17.9. The molecule has 2 aromatic heterocycles. The summed E-state index contributed by atoms with van der Waals surface area (Å²) < 4.78 is 38.9. The topological polar surface area (TPSA) is 130 Å². The summed E-state index contributed by atoms with van der Waals surface area (Å²) in [5, 5.41) is 14.3. The van der Waals surface area contributed by atoms with Crippen LogP contribution in [0, 0.1) is 0 Å². The quantitative estimate of drug-likeness (QED) is 0.161. The van der Waals surface area contributed by atoms with Crippen LogP contribution in [0.5, 0.6) is 11.5 Å². The standard InChI is InChI=1S/C28H31ClN5O6P/c29-28-32-26(31-19-9-7-8-10-19)25-27(33-28)34(17-30-25)24-15-22(35)23(38-24)16-37-18-41(36,39-20-11-3-1-4-12-20)40-21-13-5-2-6-14-21/h1-6,11-14,17,19,22-24,35H,7-10,15-16,18H2,(H,31,32,33)/t22-,23+,24+/m0/s1. The van der Waals surface area contributed by atoms with Gasteiger partial charge < -0.3 is 28.9 Å².